The van der Waals surface area contributed by atoms with E-state index in [4.69, 9.17) is 9.15 Å². The predicted octanol–water partition coefficient (Wildman–Crippen LogP) is 6.11. The maximum atomic E-state index is 14.6. The number of anilines is 2. The molecule has 1 aliphatic heterocycles. The molecule has 0 bridgehead atoms. The second-order valence-corrected chi connectivity index (χ2v) is 10.3. The summed E-state index contributed by atoms with van der Waals surface area (Å²) >= 11 is 0. The zero-order valence-corrected chi connectivity index (χ0v) is 20.1. The maximum Gasteiger partial charge on any atom is 0.396 e. The summed E-state index contributed by atoms with van der Waals surface area (Å²) in [4.78, 5) is 18.5. The normalized spacial score (nSPS) is 24.3. The first-order valence-electron chi connectivity index (χ1n) is 12.3. The van der Waals surface area contributed by atoms with Crippen LogP contribution in [0.2, 0.25) is 0 Å². The fourth-order valence-corrected chi connectivity index (χ4v) is 5.41. The number of carbonyl (C=O) groups excluding carboxylic acids is 1. The molecule has 5 rings (SSSR count). The van der Waals surface area contributed by atoms with Gasteiger partial charge >= 0.3 is 6.18 Å². The van der Waals surface area contributed by atoms with Gasteiger partial charge in [-0.1, -0.05) is 13.8 Å². The van der Waals surface area contributed by atoms with Crippen LogP contribution in [0.5, 0.6) is 5.75 Å². The van der Waals surface area contributed by atoms with Crippen LogP contribution >= 0.6 is 0 Å². The molecule has 3 fully saturated rings. The lowest BCUT2D eigenvalue weighted by Crippen LogP contribution is -2.56. The molecule has 2 heterocycles. The van der Waals surface area contributed by atoms with Gasteiger partial charge < -0.3 is 19.4 Å². The third-order valence-corrected chi connectivity index (χ3v) is 7.83. The molecule has 2 aromatic rings. The summed E-state index contributed by atoms with van der Waals surface area (Å²) in [6, 6.07) is 1.68. The number of hydrogen-bond acceptors (Lipinski definition) is 5. The van der Waals surface area contributed by atoms with Crippen LogP contribution in [-0.4, -0.2) is 36.3 Å². The minimum atomic E-state index is -4.64. The van der Waals surface area contributed by atoms with Gasteiger partial charge in [-0.25, -0.2) is 8.78 Å². The molecule has 2 aliphatic carbocycles. The highest BCUT2D eigenvalue weighted by Crippen LogP contribution is 2.52. The van der Waals surface area contributed by atoms with Gasteiger partial charge in [-0.3, -0.25) is 4.79 Å². The molecule has 1 N–H and O–H groups in total. The number of amides is 1. The maximum absolute atomic E-state index is 14.6. The lowest BCUT2D eigenvalue weighted by atomic mass is 9.75. The van der Waals surface area contributed by atoms with Crippen molar-refractivity contribution in [3.8, 4) is 5.75 Å². The number of oxazole rings is 1. The summed E-state index contributed by atoms with van der Waals surface area (Å²) < 4.78 is 79.6. The number of nitrogens with zero attached hydrogens (tertiary/aromatic N) is 2. The predicted molar refractivity (Wildman–Crippen MR) is 121 cm³/mol. The smallest absolute Gasteiger partial charge is 0.396 e. The Kier molecular flexibility index (Phi) is 6.15. The lowest BCUT2D eigenvalue weighted by Gasteiger charge is -2.49. The summed E-state index contributed by atoms with van der Waals surface area (Å²) in [5, 5.41) is 2.25. The molecule has 11 heteroatoms. The molecule has 3 aliphatic rings. The Bertz CT molecular complexity index is 1120. The number of nitrogens with one attached hydrogen (secondary N) is 1. The van der Waals surface area contributed by atoms with E-state index in [0.29, 0.717) is 24.9 Å². The number of alkyl halides is 3. The molecule has 1 aromatic carbocycles. The highest BCUT2D eigenvalue weighted by molar-refractivity contribution is 6.03. The van der Waals surface area contributed by atoms with E-state index in [9.17, 15) is 26.7 Å². The van der Waals surface area contributed by atoms with Gasteiger partial charge in [-0.15, -0.1) is 0 Å². The van der Waals surface area contributed by atoms with Gasteiger partial charge in [-0.2, -0.15) is 18.2 Å². The zero-order valence-electron chi connectivity index (χ0n) is 20.1. The number of halogens is 5. The molecule has 196 valence electrons. The largest absolute Gasteiger partial charge is 0.484 e. The molecule has 2 atom stereocenters. The molecule has 2 saturated carbocycles. The van der Waals surface area contributed by atoms with Crippen molar-refractivity contribution in [1.29, 1.82) is 0 Å². The number of ether oxygens (including phenoxy) is 1. The van der Waals surface area contributed by atoms with E-state index in [-0.39, 0.29) is 23.2 Å². The molecule has 1 saturated heterocycles. The van der Waals surface area contributed by atoms with Crippen molar-refractivity contribution in [1.82, 2.24) is 4.98 Å². The van der Waals surface area contributed by atoms with Crippen molar-refractivity contribution in [3.63, 3.8) is 0 Å². The van der Waals surface area contributed by atoms with Gasteiger partial charge in [0.2, 0.25) is 0 Å². The second kappa shape index (κ2) is 8.92. The van der Waals surface area contributed by atoms with Gasteiger partial charge in [0.1, 0.15) is 12.2 Å². The number of aromatic nitrogens is 1. The standard InChI is InChI=1S/C25H28F5N3O3/c1-3-24(4-2)11-33(12-24)23-32-20(19(36-23)10-25(28,29)30)22(34)31-15-8-17(26)21(18(27)9-15)35-16-6-13-5-14(13)7-16/h8-9,13-14,16H,3-7,10-12H2,1-2H3,(H,31,34). The summed E-state index contributed by atoms with van der Waals surface area (Å²) in [6.07, 6.45) is -1.97. The van der Waals surface area contributed by atoms with Crippen LogP contribution in [0.25, 0.3) is 0 Å². The molecule has 1 amide bonds. The first kappa shape index (κ1) is 24.8. The SMILES string of the molecule is CCC1(CC)CN(c2nc(C(=O)Nc3cc(F)c(OC4CC5CC5C4)c(F)c3)c(CC(F)(F)F)o2)C1. The fourth-order valence-electron chi connectivity index (χ4n) is 5.41. The van der Waals surface area contributed by atoms with Crippen molar-refractivity contribution in [2.75, 3.05) is 23.3 Å². The van der Waals surface area contributed by atoms with E-state index in [2.05, 4.69) is 10.3 Å². The first-order chi connectivity index (χ1) is 17.0. The molecule has 0 spiro atoms. The van der Waals surface area contributed by atoms with Crippen molar-refractivity contribution < 1.29 is 35.9 Å². The average Bonchev–Trinajstić information content (AvgIpc) is 3.17. The molecule has 0 radical (unpaired) electrons. The Balaban J connectivity index is 1.32. The summed E-state index contributed by atoms with van der Waals surface area (Å²) in [6.45, 7) is 5.17. The van der Waals surface area contributed by atoms with E-state index in [1.165, 1.54) is 0 Å². The van der Waals surface area contributed by atoms with Crippen LogP contribution in [0.4, 0.5) is 33.7 Å². The summed E-state index contributed by atoms with van der Waals surface area (Å²) in [5.41, 5.74) is -0.808. The highest BCUT2D eigenvalue weighted by Gasteiger charge is 2.47. The fraction of sp³-hybridized carbons (Fsp3) is 0.600. The van der Waals surface area contributed by atoms with Gasteiger partial charge in [0.05, 0.1) is 6.10 Å². The number of carbonyl (C=O) groups is 1. The van der Waals surface area contributed by atoms with Crippen molar-refractivity contribution in [3.05, 3.63) is 35.2 Å². The highest BCUT2D eigenvalue weighted by atomic mass is 19.4. The Morgan fingerprint density at radius 2 is 1.75 bits per heavy atom. The summed E-state index contributed by atoms with van der Waals surface area (Å²) in [7, 11) is 0. The average molecular weight is 514 g/mol. The third kappa shape index (κ3) is 4.88. The van der Waals surface area contributed by atoms with Gasteiger partial charge in [0.25, 0.3) is 11.9 Å². The monoisotopic (exact) mass is 513 g/mol. The minimum absolute atomic E-state index is 0.0267. The van der Waals surface area contributed by atoms with E-state index < -0.39 is 47.3 Å². The van der Waals surface area contributed by atoms with Crippen LogP contribution in [0.15, 0.2) is 16.5 Å². The third-order valence-electron chi connectivity index (χ3n) is 7.83. The Morgan fingerprint density at radius 3 is 2.31 bits per heavy atom. The van der Waals surface area contributed by atoms with Gasteiger partial charge in [-0.05, 0) is 43.9 Å². The Labute approximate surface area is 205 Å². The van der Waals surface area contributed by atoms with Crippen LogP contribution in [0.3, 0.4) is 0 Å². The Hall–Kier alpha value is -2.85. The van der Waals surface area contributed by atoms with Crippen LogP contribution in [-0.2, 0) is 6.42 Å². The van der Waals surface area contributed by atoms with Gasteiger partial charge in [0, 0.05) is 36.3 Å². The van der Waals surface area contributed by atoms with E-state index in [0.717, 1.165) is 44.2 Å². The lowest BCUT2D eigenvalue weighted by molar-refractivity contribution is -0.130. The zero-order chi connectivity index (χ0) is 25.8. The molecule has 2 unspecified atom stereocenters. The van der Waals surface area contributed by atoms with Crippen LogP contribution in [0, 0.1) is 28.9 Å². The molecular weight excluding hydrogens is 485 g/mol. The van der Waals surface area contributed by atoms with Crippen LogP contribution < -0.4 is 15.0 Å². The number of hydrogen-bond donors (Lipinski definition) is 1. The first-order valence-corrected chi connectivity index (χ1v) is 12.3. The molecule has 36 heavy (non-hydrogen) atoms. The minimum Gasteiger partial charge on any atom is -0.484 e. The molecule has 6 nitrogen and oxygen atoms in total. The van der Waals surface area contributed by atoms with Crippen LogP contribution in [0.1, 0.15) is 62.2 Å². The Morgan fingerprint density at radius 1 is 1.14 bits per heavy atom. The topological polar surface area (TPSA) is 67.6 Å². The van der Waals surface area contributed by atoms with E-state index >= 15 is 0 Å². The quantitative estimate of drug-likeness (QED) is 0.431. The number of rotatable bonds is 8. The summed E-state index contributed by atoms with van der Waals surface area (Å²) in [5.74, 6) is -3.10. The van der Waals surface area contributed by atoms with Crippen molar-refractivity contribution >= 4 is 17.6 Å². The molecular formula is C25H28F5N3O3. The number of fused-ring (bicyclic) bond motifs is 1. The van der Waals surface area contributed by atoms with E-state index in [1.54, 1.807) is 4.90 Å². The molecule has 1 aromatic heterocycles. The van der Waals surface area contributed by atoms with Crippen molar-refractivity contribution in [2.24, 2.45) is 17.3 Å². The van der Waals surface area contributed by atoms with Crippen molar-refractivity contribution in [2.45, 2.75) is 64.7 Å². The van der Waals surface area contributed by atoms with Gasteiger partial charge in [0.15, 0.2) is 23.1 Å². The number of benzene rings is 1. The van der Waals surface area contributed by atoms with E-state index in [1.807, 2.05) is 13.8 Å². The second-order valence-electron chi connectivity index (χ2n) is 10.3.